The number of aromatic nitrogens is 2. The van der Waals surface area contributed by atoms with Crippen LogP contribution in [0.1, 0.15) is 17.0 Å². The number of nitro benzene ring substituents is 1. The lowest BCUT2D eigenvalue weighted by Gasteiger charge is -2.07. The highest BCUT2D eigenvalue weighted by atomic mass is 16.6. The molecule has 7 nitrogen and oxygen atoms in total. The van der Waals surface area contributed by atoms with Gasteiger partial charge in [-0.05, 0) is 48.4 Å². The van der Waals surface area contributed by atoms with Crippen LogP contribution in [0.15, 0.2) is 67.0 Å². The number of carbonyl (C=O) groups is 1. The van der Waals surface area contributed by atoms with Crippen LogP contribution in [0.2, 0.25) is 0 Å². The zero-order valence-electron chi connectivity index (χ0n) is 14.7. The van der Waals surface area contributed by atoms with Gasteiger partial charge < -0.3 is 9.88 Å². The second kappa shape index (κ2) is 8.09. The summed E-state index contributed by atoms with van der Waals surface area (Å²) in [5, 5.41) is 13.4. The van der Waals surface area contributed by atoms with Crippen molar-refractivity contribution in [2.75, 3.05) is 0 Å². The molecule has 27 heavy (non-hydrogen) atoms. The summed E-state index contributed by atoms with van der Waals surface area (Å²) in [7, 11) is 0. The first-order valence-electron chi connectivity index (χ1n) is 8.32. The Bertz CT molecular complexity index is 973. The van der Waals surface area contributed by atoms with Crippen molar-refractivity contribution in [2.45, 2.75) is 13.5 Å². The number of hydrogen-bond acceptors (Lipinski definition) is 4. The number of nitrogens with zero attached hydrogens (tertiary/aromatic N) is 3. The van der Waals surface area contributed by atoms with Crippen LogP contribution in [0.4, 0.5) is 5.69 Å². The summed E-state index contributed by atoms with van der Waals surface area (Å²) in [6, 6.07) is 13.9. The van der Waals surface area contributed by atoms with Crippen LogP contribution in [0.25, 0.3) is 11.8 Å². The van der Waals surface area contributed by atoms with Gasteiger partial charge in [0.2, 0.25) is 5.91 Å². The molecule has 3 rings (SSSR count). The predicted molar refractivity (Wildman–Crippen MR) is 102 cm³/mol. The average molecular weight is 362 g/mol. The summed E-state index contributed by atoms with van der Waals surface area (Å²) in [6.07, 6.45) is 6.67. The molecular formula is C20H18N4O3. The van der Waals surface area contributed by atoms with Crippen LogP contribution >= 0.6 is 0 Å². The second-order valence-electron chi connectivity index (χ2n) is 5.91. The van der Waals surface area contributed by atoms with Crippen molar-refractivity contribution >= 4 is 17.7 Å². The van der Waals surface area contributed by atoms with E-state index in [0.717, 1.165) is 22.6 Å². The van der Waals surface area contributed by atoms with E-state index in [1.165, 1.54) is 18.2 Å². The molecule has 1 N–H and O–H groups in total. The van der Waals surface area contributed by atoms with Crippen LogP contribution in [-0.4, -0.2) is 20.4 Å². The van der Waals surface area contributed by atoms with Crippen molar-refractivity contribution in [3.05, 3.63) is 94.1 Å². The van der Waals surface area contributed by atoms with E-state index in [0.29, 0.717) is 6.54 Å². The Balaban J connectivity index is 1.54. The van der Waals surface area contributed by atoms with E-state index in [1.54, 1.807) is 24.4 Å². The third kappa shape index (κ3) is 4.66. The quantitative estimate of drug-likeness (QED) is 0.413. The van der Waals surface area contributed by atoms with Gasteiger partial charge in [0.05, 0.1) is 4.92 Å². The SMILES string of the molecule is Cc1nccn1-c1ccc(CNC(=O)/C=C/c2ccc([N+](=O)[O-])cc2)cc1. The van der Waals surface area contributed by atoms with Gasteiger partial charge in [0.15, 0.2) is 0 Å². The number of rotatable bonds is 6. The second-order valence-corrected chi connectivity index (χ2v) is 5.91. The highest BCUT2D eigenvalue weighted by Gasteiger charge is 2.03. The molecule has 1 aromatic heterocycles. The summed E-state index contributed by atoms with van der Waals surface area (Å²) in [4.78, 5) is 26.3. The topological polar surface area (TPSA) is 90.1 Å². The Hall–Kier alpha value is -3.74. The maximum Gasteiger partial charge on any atom is 0.269 e. The number of amides is 1. The van der Waals surface area contributed by atoms with E-state index in [4.69, 9.17) is 0 Å². The highest BCUT2D eigenvalue weighted by Crippen LogP contribution is 2.13. The summed E-state index contributed by atoms with van der Waals surface area (Å²) < 4.78 is 1.98. The molecule has 136 valence electrons. The first kappa shape index (κ1) is 18.1. The lowest BCUT2D eigenvalue weighted by molar-refractivity contribution is -0.384. The Morgan fingerprint density at radius 1 is 1.19 bits per heavy atom. The van der Waals surface area contributed by atoms with E-state index in [1.807, 2.05) is 42.0 Å². The predicted octanol–water partition coefficient (Wildman–Crippen LogP) is 3.42. The minimum atomic E-state index is -0.459. The summed E-state index contributed by atoms with van der Waals surface area (Å²) in [5.41, 5.74) is 2.73. The summed E-state index contributed by atoms with van der Waals surface area (Å²) in [6.45, 7) is 2.35. The summed E-state index contributed by atoms with van der Waals surface area (Å²) in [5.74, 6) is 0.676. The third-order valence-electron chi connectivity index (χ3n) is 4.04. The molecule has 0 atom stereocenters. The smallest absolute Gasteiger partial charge is 0.269 e. The molecule has 0 aliphatic rings. The van der Waals surface area contributed by atoms with Crippen LogP contribution in [-0.2, 0) is 11.3 Å². The van der Waals surface area contributed by atoms with Crippen LogP contribution in [0.3, 0.4) is 0 Å². The lowest BCUT2D eigenvalue weighted by atomic mass is 10.2. The molecule has 0 unspecified atom stereocenters. The average Bonchev–Trinajstić information content (AvgIpc) is 3.11. The number of carbonyl (C=O) groups excluding carboxylic acids is 1. The first-order chi connectivity index (χ1) is 13.0. The van der Waals surface area contributed by atoms with Gasteiger partial charge in [-0.25, -0.2) is 4.98 Å². The Kier molecular flexibility index (Phi) is 5.41. The zero-order chi connectivity index (χ0) is 19.2. The molecule has 0 fully saturated rings. The van der Waals surface area contributed by atoms with Crippen molar-refractivity contribution in [3.63, 3.8) is 0 Å². The molecule has 2 aromatic carbocycles. The van der Waals surface area contributed by atoms with Crippen molar-refractivity contribution in [1.29, 1.82) is 0 Å². The van der Waals surface area contributed by atoms with Crippen LogP contribution in [0, 0.1) is 17.0 Å². The van der Waals surface area contributed by atoms with Crippen molar-refractivity contribution in [2.24, 2.45) is 0 Å². The highest BCUT2D eigenvalue weighted by molar-refractivity contribution is 5.91. The number of imidazole rings is 1. The maximum atomic E-state index is 11.9. The normalized spacial score (nSPS) is 10.9. The molecule has 0 spiro atoms. The fourth-order valence-corrected chi connectivity index (χ4v) is 2.55. The van der Waals surface area contributed by atoms with E-state index >= 15 is 0 Å². The summed E-state index contributed by atoms with van der Waals surface area (Å²) >= 11 is 0. The maximum absolute atomic E-state index is 11.9. The van der Waals surface area contributed by atoms with Crippen LogP contribution < -0.4 is 5.32 Å². The number of benzene rings is 2. The van der Waals surface area contributed by atoms with E-state index < -0.39 is 4.92 Å². The standard InChI is InChI=1S/C20H18N4O3/c1-15-21-12-13-23(15)18-7-4-17(5-8-18)14-22-20(25)11-6-16-2-9-19(10-3-16)24(26)27/h2-13H,14H2,1H3,(H,22,25)/b11-6+. The Morgan fingerprint density at radius 2 is 1.89 bits per heavy atom. The molecule has 0 saturated carbocycles. The zero-order valence-corrected chi connectivity index (χ0v) is 14.7. The van der Waals surface area contributed by atoms with Crippen molar-refractivity contribution in [1.82, 2.24) is 14.9 Å². The van der Waals surface area contributed by atoms with Gasteiger partial charge in [-0.1, -0.05) is 12.1 Å². The Labute approximate surface area is 156 Å². The van der Waals surface area contributed by atoms with Gasteiger partial charge in [0.25, 0.3) is 5.69 Å². The molecular weight excluding hydrogens is 344 g/mol. The van der Waals surface area contributed by atoms with Gasteiger partial charge in [-0.2, -0.15) is 0 Å². The van der Waals surface area contributed by atoms with E-state index in [9.17, 15) is 14.9 Å². The van der Waals surface area contributed by atoms with Crippen LogP contribution in [0.5, 0.6) is 0 Å². The van der Waals surface area contributed by atoms with E-state index in [-0.39, 0.29) is 11.6 Å². The van der Waals surface area contributed by atoms with Crippen molar-refractivity contribution < 1.29 is 9.72 Å². The molecule has 0 bridgehead atoms. The van der Waals surface area contributed by atoms with Crippen molar-refractivity contribution in [3.8, 4) is 5.69 Å². The lowest BCUT2D eigenvalue weighted by Crippen LogP contribution is -2.20. The van der Waals surface area contributed by atoms with Gasteiger partial charge in [0.1, 0.15) is 5.82 Å². The van der Waals surface area contributed by atoms with Gasteiger partial charge in [-0.3, -0.25) is 14.9 Å². The molecule has 0 aliphatic carbocycles. The number of nitrogens with one attached hydrogen (secondary N) is 1. The van der Waals surface area contributed by atoms with E-state index in [2.05, 4.69) is 10.3 Å². The monoisotopic (exact) mass is 362 g/mol. The minimum absolute atomic E-state index is 0.0194. The van der Waals surface area contributed by atoms with Gasteiger partial charge in [0, 0.05) is 42.8 Å². The fraction of sp³-hybridized carbons (Fsp3) is 0.100. The molecule has 0 aliphatic heterocycles. The number of aryl methyl sites for hydroxylation is 1. The molecule has 1 amide bonds. The van der Waals surface area contributed by atoms with Gasteiger partial charge in [-0.15, -0.1) is 0 Å². The molecule has 7 heteroatoms. The third-order valence-corrected chi connectivity index (χ3v) is 4.04. The molecule has 0 radical (unpaired) electrons. The molecule has 3 aromatic rings. The molecule has 0 saturated heterocycles. The molecule has 1 heterocycles. The number of non-ortho nitro benzene ring substituents is 1. The minimum Gasteiger partial charge on any atom is -0.348 e. The number of hydrogen-bond donors (Lipinski definition) is 1. The number of nitro groups is 1. The first-order valence-corrected chi connectivity index (χ1v) is 8.32. The largest absolute Gasteiger partial charge is 0.348 e. The Morgan fingerprint density at radius 3 is 2.48 bits per heavy atom. The van der Waals surface area contributed by atoms with Gasteiger partial charge >= 0.3 is 0 Å². The fourth-order valence-electron chi connectivity index (χ4n) is 2.55.